The molecule has 2 rings (SSSR count). The Kier molecular flexibility index (Phi) is 4.81. The van der Waals surface area contributed by atoms with Crippen LogP contribution in [0.5, 0.6) is 0 Å². The first-order chi connectivity index (χ1) is 10.0. The van der Waals surface area contributed by atoms with Crippen LogP contribution in [0.15, 0.2) is 73.3 Å². The summed E-state index contributed by atoms with van der Waals surface area (Å²) in [6.07, 6.45) is 1.83. The molecule has 0 bridgehead atoms. The number of rotatable bonds is 6. The summed E-state index contributed by atoms with van der Waals surface area (Å²) >= 11 is 0. The van der Waals surface area contributed by atoms with Gasteiger partial charge < -0.3 is 4.74 Å². The summed E-state index contributed by atoms with van der Waals surface area (Å²) in [5.41, 5.74) is 2.47. The van der Waals surface area contributed by atoms with E-state index in [1.807, 2.05) is 6.08 Å². The van der Waals surface area contributed by atoms with Crippen molar-refractivity contribution < 1.29 is 4.74 Å². The third kappa shape index (κ3) is 3.02. The van der Waals surface area contributed by atoms with Gasteiger partial charge in [0.1, 0.15) is 5.22 Å². The van der Waals surface area contributed by atoms with Crippen LogP contribution in [-0.2, 0) is 9.96 Å². The largest absolute Gasteiger partial charge is 0.365 e. The molecule has 110 valence electrons. The molecule has 0 aliphatic heterocycles. The van der Waals surface area contributed by atoms with Crippen LogP contribution in [0, 0.1) is 0 Å². The monoisotopic (exact) mass is 296 g/mol. The predicted molar refractivity (Wildman–Crippen MR) is 93.2 cm³/mol. The fraction of sp³-hybridized carbons (Fsp3) is 0.263. The average Bonchev–Trinajstić information content (AvgIpc) is 2.49. The van der Waals surface area contributed by atoms with Crippen LogP contribution in [0.1, 0.15) is 11.1 Å². The Balaban J connectivity index is 2.69. The van der Waals surface area contributed by atoms with Gasteiger partial charge in [-0.2, -0.15) is 0 Å². The van der Waals surface area contributed by atoms with Crippen molar-refractivity contribution in [2.24, 2.45) is 0 Å². The molecule has 0 radical (unpaired) electrons. The standard InChI is InChI=1S/C19H24OSi/c1-5-16-20-19(21(2,3)4,17-12-8-6-9-13-17)18-14-10-7-11-15-18/h5-15H,1,16H2,2-4H3. The minimum absolute atomic E-state index is 0.357. The number of hydrogen-bond acceptors (Lipinski definition) is 1. The van der Waals surface area contributed by atoms with Gasteiger partial charge in [-0.05, 0) is 11.1 Å². The van der Waals surface area contributed by atoms with E-state index in [1.165, 1.54) is 11.1 Å². The van der Waals surface area contributed by atoms with E-state index in [-0.39, 0.29) is 5.22 Å². The van der Waals surface area contributed by atoms with Crippen LogP contribution in [-0.4, -0.2) is 14.7 Å². The van der Waals surface area contributed by atoms with Crippen molar-refractivity contribution in [3.8, 4) is 0 Å². The molecule has 0 aromatic heterocycles. The van der Waals surface area contributed by atoms with Crippen LogP contribution in [0.2, 0.25) is 19.6 Å². The van der Waals surface area contributed by atoms with Crippen molar-refractivity contribution in [2.75, 3.05) is 6.61 Å². The second-order valence-electron chi connectivity index (χ2n) is 6.26. The van der Waals surface area contributed by atoms with E-state index in [9.17, 15) is 0 Å². The summed E-state index contributed by atoms with van der Waals surface area (Å²) in [6, 6.07) is 21.2. The predicted octanol–water partition coefficient (Wildman–Crippen LogP) is 5.01. The van der Waals surface area contributed by atoms with Crippen LogP contribution >= 0.6 is 0 Å². The molecular formula is C19H24OSi. The van der Waals surface area contributed by atoms with Crippen molar-refractivity contribution in [1.29, 1.82) is 0 Å². The maximum absolute atomic E-state index is 6.46. The Morgan fingerprint density at radius 3 is 1.67 bits per heavy atom. The molecule has 0 aliphatic rings. The molecule has 0 saturated heterocycles. The van der Waals surface area contributed by atoms with Crippen LogP contribution in [0.3, 0.4) is 0 Å². The quantitative estimate of drug-likeness (QED) is 0.538. The zero-order valence-corrected chi connectivity index (χ0v) is 14.2. The van der Waals surface area contributed by atoms with Gasteiger partial charge in [-0.3, -0.25) is 0 Å². The van der Waals surface area contributed by atoms with E-state index < -0.39 is 8.07 Å². The van der Waals surface area contributed by atoms with E-state index in [2.05, 4.69) is 86.9 Å². The summed E-state index contributed by atoms with van der Waals surface area (Å²) in [4.78, 5) is 0. The molecular weight excluding hydrogens is 272 g/mol. The Labute approximate surface area is 129 Å². The summed E-state index contributed by atoms with van der Waals surface area (Å²) in [6.45, 7) is 11.4. The minimum atomic E-state index is -1.73. The van der Waals surface area contributed by atoms with E-state index in [0.717, 1.165) is 0 Å². The Bertz CT molecular complexity index is 530. The minimum Gasteiger partial charge on any atom is -0.365 e. The molecule has 0 spiro atoms. The van der Waals surface area contributed by atoms with Gasteiger partial charge in [0.2, 0.25) is 0 Å². The van der Waals surface area contributed by atoms with Gasteiger partial charge >= 0.3 is 0 Å². The van der Waals surface area contributed by atoms with Crippen molar-refractivity contribution in [3.05, 3.63) is 84.4 Å². The van der Waals surface area contributed by atoms with E-state index in [4.69, 9.17) is 4.74 Å². The molecule has 21 heavy (non-hydrogen) atoms. The zero-order valence-electron chi connectivity index (χ0n) is 13.2. The van der Waals surface area contributed by atoms with Gasteiger partial charge in [0.05, 0.1) is 14.7 Å². The normalized spacial score (nSPS) is 12.1. The molecule has 0 heterocycles. The highest BCUT2D eigenvalue weighted by molar-refractivity contribution is 6.79. The van der Waals surface area contributed by atoms with Crippen LogP contribution < -0.4 is 0 Å². The van der Waals surface area contributed by atoms with Crippen LogP contribution in [0.4, 0.5) is 0 Å². The molecule has 0 amide bonds. The number of ether oxygens (including phenoxy) is 1. The molecule has 2 aromatic carbocycles. The van der Waals surface area contributed by atoms with Crippen molar-refractivity contribution in [2.45, 2.75) is 24.9 Å². The van der Waals surface area contributed by atoms with Crippen molar-refractivity contribution >= 4 is 8.07 Å². The fourth-order valence-corrected chi connectivity index (χ4v) is 5.53. The number of benzene rings is 2. The van der Waals surface area contributed by atoms with E-state index in [1.54, 1.807) is 0 Å². The third-order valence-corrected chi connectivity index (χ3v) is 6.67. The summed E-state index contributed by atoms with van der Waals surface area (Å²) in [5.74, 6) is 0. The molecule has 0 N–H and O–H groups in total. The van der Waals surface area contributed by atoms with Gasteiger partial charge in [0.25, 0.3) is 0 Å². The molecule has 0 saturated carbocycles. The van der Waals surface area contributed by atoms with Crippen LogP contribution in [0.25, 0.3) is 0 Å². The lowest BCUT2D eigenvalue weighted by molar-refractivity contribution is 0.0574. The third-order valence-electron chi connectivity index (χ3n) is 3.83. The fourth-order valence-electron chi connectivity index (χ4n) is 2.95. The highest BCUT2D eigenvalue weighted by Gasteiger charge is 2.47. The van der Waals surface area contributed by atoms with Crippen molar-refractivity contribution in [1.82, 2.24) is 0 Å². The number of hydrogen-bond donors (Lipinski definition) is 0. The van der Waals surface area contributed by atoms with Gasteiger partial charge in [-0.1, -0.05) is 86.4 Å². The smallest absolute Gasteiger partial charge is 0.106 e. The molecule has 0 aliphatic carbocycles. The Hall–Kier alpha value is -1.64. The highest BCUT2D eigenvalue weighted by Crippen LogP contribution is 2.41. The Morgan fingerprint density at radius 2 is 1.33 bits per heavy atom. The molecule has 0 atom stereocenters. The maximum atomic E-state index is 6.46. The van der Waals surface area contributed by atoms with Crippen molar-refractivity contribution in [3.63, 3.8) is 0 Å². The SMILES string of the molecule is C=CCOC(c1ccccc1)(c1ccccc1)[Si](C)(C)C. The van der Waals surface area contributed by atoms with Gasteiger partial charge in [-0.15, -0.1) is 6.58 Å². The molecule has 0 unspecified atom stereocenters. The topological polar surface area (TPSA) is 9.23 Å². The lowest BCUT2D eigenvalue weighted by Gasteiger charge is -2.44. The van der Waals surface area contributed by atoms with Gasteiger partial charge in [0.15, 0.2) is 0 Å². The van der Waals surface area contributed by atoms with Gasteiger partial charge in [-0.25, -0.2) is 0 Å². The summed E-state index contributed by atoms with van der Waals surface area (Å²) < 4.78 is 6.46. The van der Waals surface area contributed by atoms with E-state index in [0.29, 0.717) is 6.61 Å². The maximum Gasteiger partial charge on any atom is 0.106 e. The first-order valence-corrected chi connectivity index (χ1v) is 10.9. The Morgan fingerprint density at radius 1 is 0.905 bits per heavy atom. The second kappa shape index (κ2) is 6.42. The molecule has 0 fully saturated rings. The summed E-state index contributed by atoms with van der Waals surface area (Å²) in [7, 11) is -1.73. The molecule has 2 aromatic rings. The zero-order chi connectivity index (χ0) is 15.3. The first kappa shape index (κ1) is 15.7. The average molecular weight is 296 g/mol. The summed E-state index contributed by atoms with van der Waals surface area (Å²) in [5, 5.41) is -0.357. The molecule has 2 heteroatoms. The van der Waals surface area contributed by atoms with Gasteiger partial charge in [0, 0.05) is 0 Å². The lowest BCUT2D eigenvalue weighted by atomic mass is 10.0. The molecule has 1 nitrogen and oxygen atoms in total. The van der Waals surface area contributed by atoms with E-state index >= 15 is 0 Å². The second-order valence-corrected chi connectivity index (χ2v) is 11.5. The first-order valence-electron chi connectivity index (χ1n) is 7.38. The lowest BCUT2D eigenvalue weighted by Crippen LogP contribution is -2.52. The highest BCUT2D eigenvalue weighted by atomic mass is 28.3.